The maximum Gasteiger partial charge on any atom is 0.305 e. The van der Waals surface area contributed by atoms with Crippen molar-refractivity contribution >= 4 is 17.3 Å². The molecule has 0 fully saturated rings. The number of ether oxygens (including phenoxy) is 1. The van der Waals surface area contributed by atoms with E-state index in [1.165, 1.54) is 6.07 Å². The highest BCUT2D eigenvalue weighted by molar-refractivity contribution is 6.00. The highest BCUT2D eigenvalue weighted by Crippen LogP contribution is 2.28. The summed E-state index contributed by atoms with van der Waals surface area (Å²) in [6, 6.07) is 4.62. The highest BCUT2D eigenvalue weighted by Gasteiger charge is 2.23. The van der Waals surface area contributed by atoms with Crippen molar-refractivity contribution in [2.24, 2.45) is 0 Å². The van der Waals surface area contributed by atoms with Gasteiger partial charge in [-0.3, -0.25) is 14.9 Å². The molecule has 1 amide bonds. The predicted molar refractivity (Wildman–Crippen MR) is 80.7 cm³/mol. The topological polar surface area (TPSA) is 93.5 Å². The van der Waals surface area contributed by atoms with E-state index in [-0.39, 0.29) is 11.3 Å². The number of hydrogen-bond acceptors (Lipinski definition) is 5. The van der Waals surface area contributed by atoms with Crippen LogP contribution in [0, 0.1) is 10.1 Å². The molecule has 116 valence electrons. The van der Waals surface area contributed by atoms with Crippen molar-refractivity contribution in [1.29, 1.82) is 0 Å². The van der Waals surface area contributed by atoms with Crippen LogP contribution in [-0.4, -0.2) is 37.6 Å². The maximum atomic E-state index is 12.0. The summed E-state index contributed by atoms with van der Waals surface area (Å²) < 4.78 is 5.30. The summed E-state index contributed by atoms with van der Waals surface area (Å²) in [5.74, 6) is -0.450. The molecule has 0 saturated carbocycles. The largest absolute Gasteiger partial charge is 0.383 e. The Bertz CT molecular complexity index is 491. The Morgan fingerprint density at radius 1 is 1.38 bits per heavy atom. The van der Waals surface area contributed by atoms with Gasteiger partial charge in [0.1, 0.15) is 11.3 Å². The minimum atomic E-state index is -0.550. The van der Waals surface area contributed by atoms with Crippen molar-refractivity contribution in [3.05, 3.63) is 33.9 Å². The van der Waals surface area contributed by atoms with E-state index in [0.717, 1.165) is 6.42 Å². The van der Waals surface area contributed by atoms with Crippen molar-refractivity contribution in [1.82, 2.24) is 5.32 Å². The zero-order chi connectivity index (χ0) is 15.7. The van der Waals surface area contributed by atoms with Crippen LogP contribution in [-0.2, 0) is 4.74 Å². The molecule has 2 N–H and O–H groups in total. The Hall–Kier alpha value is -2.15. The highest BCUT2D eigenvalue weighted by atomic mass is 16.6. The lowest BCUT2D eigenvalue weighted by atomic mass is 10.1. The summed E-state index contributed by atoms with van der Waals surface area (Å²) >= 11 is 0. The fourth-order valence-corrected chi connectivity index (χ4v) is 1.84. The Balaban J connectivity index is 2.64. The molecule has 0 bridgehead atoms. The molecule has 0 heterocycles. The first kappa shape index (κ1) is 16.9. The molecule has 21 heavy (non-hydrogen) atoms. The van der Waals surface area contributed by atoms with Gasteiger partial charge in [-0.15, -0.1) is 0 Å². The molecule has 0 aromatic heterocycles. The molecule has 0 saturated heterocycles. The van der Waals surface area contributed by atoms with Crippen LogP contribution in [0.25, 0.3) is 0 Å². The first-order chi connectivity index (χ1) is 10.1. The van der Waals surface area contributed by atoms with Crippen molar-refractivity contribution in [2.45, 2.75) is 19.8 Å². The molecule has 0 spiro atoms. The minimum Gasteiger partial charge on any atom is -0.383 e. The fourth-order valence-electron chi connectivity index (χ4n) is 1.84. The Morgan fingerprint density at radius 2 is 2.14 bits per heavy atom. The molecule has 0 unspecified atom stereocenters. The monoisotopic (exact) mass is 295 g/mol. The van der Waals surface area contributed by atoms with E-state index in [4.69, 9.17) is 4.74 Å². The van der Waals surface area contributed by atoms with Gasteiger partial charge < -0.3 is 15.4 Å². The number of anilines is 1. The summed E-state index contributed by atoms with van der Waals surface area (Å²) in [6.07, 6.45) is 1.63. The van der Waals surface area contributed by atoms with Gasteiger partial charge >= 0.3 is 5.69 Å². The first-order valence-corrected chi connectivity index (χ1v) is 6.92. The van der Waals surface area contributed by atoms with E-state index < -0.39 is 10.8 Å². The molecule has 0 aliphatic carbocycles. The van der Waals surface area contributed by atoms with Gasteiger partial charge in [-0.05, 0) is 25.0 Å². The van der Waals surface area contributed by atoms with Gasteiger partial charge in [-0.25, -0.2) is 0 Å². The van der Waals surface area contributed by atoms with E-state index in [1.807, 2.05) is 6.92 Å². The van der Waals surface area contributed by atoms with Crippen LogP contribution in [0.3, 0.4) is 0 Å². The third-order valence-corrected chi connectivity index (χ3v) is 2.83. The number of carbonyl (C=O) groups excluding carboxylic acids is 1. The molecular weight excluding hydrogens is 274 g/mol. The second kappa shape index (κ2) is 8.91. The lowest BCUT2D eigenvalue weighted by molar-refractivity contribution is -0.384. The maximum absolute atomic E-state index is 12.0. The molecule has 0 aliphatic heterocycles. The van der Waals surface area contributed by atoms with Crippen molar-refractivity contribution < 1.29 is 14.5 Å². The quantitative estimate of drug-likeness (QED) is 0.414. The van der Waals surface area contributed by atoms with E-state index in [1.54, 1.807) is 19.2 Å². The number of benzene rings is 1. The number of rotatable bonds is 9. The molecule has 0 atom stereocenters. The minimum absolute atomic E-state index is 0.0568. The summed E-state index contributed by atoms with van der Waals surface area (Å²) in [6.45, 7) is 3.70. The molecule has 1 rings (SSSR count). The van der Waals surface area contributed by atoms with Gasteiger partial charge in [0.25, 0.3) is 5.91 Å². The molecule has 0 radical (unpaired) electrons. The van der Waals surface area contributed by atoms with Crippen molar-refractivity contribution in [2.75, 3.05) is 32.1 Å². The molecule has 1 aromatic carbocycles. The van der Waals surface area contributed by atoms with Crippen LogP contribution in [0.4, 0.5) is 11.4 Å². The number of amides is 1. The van der Waals surface area contributed by atoms with Gasteiger partial charge in [0, 0.05) is 26.8 Å². The van der Waals surface area contributed by atoms with Crippen molar-refractivity contribution in [3.63, 3.8) is 0 Å². The van der Waals surface area contributed by atoms with Crippen LogP contribution in [0.1, 0.15) is 30.1 Å². The average molecular weight is 295 g/mol. The third kappa shape index (κ3) is 5.03. The van der Waals surface area contributed by atoms with Crippen LogP contribution in [0.2, 0.25) is 0 Å². The number of para-hydroxylation sites is 1. The zero-order valence-electron chi connectivity index (χ0n) is 12.3. The van der Waals surface area contributed by atoms with Crippen LogP contribution in [0.15, 0.2) is 18.2 Å². The van der Waals surface area contributed by atoms with E-state index in [2.05, 4.69) is 10.6 Å². The third-order valence-electron chi connectivity index (χ3n) is 2.83. The summed E-state index contributed by atoms with van der Waals surface area (Å²) in [5.41, 5.74) is 0.167. The Morgan fingerprint density at radius 3 is 2.76 bits per heavy atom. The van der Waals surface area contributed by atoms with E-state index in [9.17, 15) is 14.9 Å². The van der Waals surface area contributed by atoms with Crippen LogP contribution < -0.4 is 10.6 Å². The first-order valence-electron chi connectivity index (χ1n) is 6.92. The number of nitrogens with zero attached hydrogens (tertiary/aromatic N) is 1. The number of nitro groups is 1. The smallest absolute Gasteiger partial charge is 0.305 e. The van der Waals surface area contributed by atoms with Gasteiger partial charge in [-0.1, -0.05) is 13.0 Å². The average Bonchev–Trinajstić information content (AvgIpc) is 2.49. The normalized spacial score (nSPS) is 10.2. The Kier molecular flexibility index (Phi) is 7.17. The molecular formula is C14H21N3O4. The van der Waals surface area contributed by atoms with Crippen LogP contribution >= 0.6 is 0 Å². The van der Waals surface area contributed by atoms with E-state index in [0.29, 0.717) is 31.9 Å². The second-order valence-electron chi connectivity index (χ2n) is 4.43. The lowest BCUT2D eigenvalue weighted by Crippen LogP contribution is -2.26. The summed E-state index contributed by atoms with van der Waals surface area (Å²) in [5, 5.41) is 16.5. The second-order valence-corrected chi connectivity index (χ2v) is 4.43. The molecule has 7 nitrogen and oxygen atoms in total. The number of nitro benzene ring substituents is 1. The van der Waals surface area contributed by atoms with Gasteiger partial charge in [0.15, 0.2) is 0 Å². The molecule has 1 aromatic rings. The number of carbonyl (C=O) groups is 1. The number of hydrogen-bond donors (Lipinski definition) is 2. The van der Waals surface area contributed by atoms with Gasteiger partial charge in [0.05, 0.1) is 4.92 Å². The summed E-state index contributed by atoms with van der Waals surface area (Å²) in [4.78, 5) is 22.6. The van der Waals surface area contributed by atoms with Crippen molar-refractivity contribution in [3.8, 4) is 0 Å². The lowest BCUT2D eigenvalue weighted by Gasteiger charge is -2.08. The molecule has 0 aliphatic rings. The SMILES string of the molecule is CCCOCCCNC(=O)c1cccc(NC)c1[N+](=O)[O-]. The molecule has 7 heteroatoms. The Labute approximate surface area is 123 Å². The fraction of sp³-hybridized carbons (Fsp3) is 0.500. The standard InChI is InChI=1S/C14H21N3O4/c1-3-9-21-10-5-8-16-14(18)11-6-4-7-12(15-2)13(11)17(19)20/h4,6-7,15H,3,5,8-10H2,1-2H3,(H,16,18). The predicted octanol–water partition coefficient (Wildman–Crippen LogP) is 2.18. The van der Waals surface area contributed by atoms with Gasteiger partial charge in [0.2, 0.25) is 0 Å². The summed E-state index contributed by atoms with van der Waals surface area (Å²) in [7, 11) is 1.58. The van der Waals surface area contributed by atoms with Crippen LogP contribution in [0.5, 0.6) is 0 Å². The van der Waals surface area contributed by atoms with E-state index >= 15 is 0 Å². The zero-order valence-corrected chi connectivity index (χ0v) is 12.3. The number of nitrogens with one attached hydrogen (secondary N) is 2. The van der Waals surface area contributed by atoms with Gasteiger partial charge in [-0.2, -0.15) is 0 Å².